The summed E-state index contributed by atoms with van der Waals surface area (Å²) in [6.07, 6.45) is 1.58. The van der Waals surface area contributed by atoms with Crippen LogP contribution in [-0.4, -0.2) is 17.6 Å². The van der Waals surface area contributed by atoms with Crippen molar-refractivity contribution in [3.05, 3.63) is 59.7 Å². The van der Waals surface area contributed by atoms with Crippen LogP contribution in [0, 0.1) is 0 Å². The third-order valence-corrected chi connectivity index (χ3v) is 4.83. The molecule has 0 saturated carbocycles. The van der Waals surface area contributed by atoms with E-state index in [1.54, 1.807) is 0 Å². The predicted octanol–water partition coefficient (Wildman–Crippen LogP) is 4.42. The van der Waals surface area contributed by atoms with E-state index in [0.717, 1.165) is 29.9 Å². The Balaban J connectivity index is 1.55. The molecule has 5 heteroatoms. The molecule has 0 aliphatic carbocycles. The third kappa shape index (κ3) is 4.61. The lowest BCUT2D eigenvalue weighted by Gasteiger charge is -2.17. The van der Waals surface area contributed by atoms with Crippen LogP contribution in [-0.2, 0) is 11.3 Å². The molecule has 26 heavy (non-hydrogen) atoms. The number of anilines is 2. The molecule has 0 radical (unpaired) electrons. The highest BCUT2D eigenvalue weighted by Gasteiger charge is 2.21. The standard InChI is InChI=1S/C21H25N3OS/c1-15(2)17-8-10-18(11-9-17)23-21(26)22-14-16-5-3-6-19(13-16)24-12-4-7-20(24)25/h3,5-6,8-11,13,15H,4,7,12,14H2,1-2H3,(H2,22,23,26). The van der Waals surface area contributed by atoms with Gasteiger partial charge in [-0.3, -0.25) is 4.79 Å². The van der Waals surface area contributed by atoms with Crippen molar-refractivity contribution in [1.82, 2.24) is 5.32 Å². The van der Waals surface area contributed by atoms with Gasteiger partial charge in [0, 0.05) is 30.9 Å². The first kappa shape index (κ1) is 18.4. The van der Waals surface area contributed by atoms with Crippen LogP contribution >= 0.6 is 12.2 Å². The number of rotatable bonds is 5. The van der Waals surface area contributed by atoms with Gasteiger partial charge in [0.15, 0.2) is 5.11 Å². The summed E-state index contributed by atoms with van der Waals surface area (Å²) in [4.78, 5) is 13.8. The molecular weight excluding hydrogens is 342 g/mol. The van der Waals surface area contributed by atoms with Crippen LogP contribution in [0.3, 0.4) is 0 Å². The average molecular weight is 368 g/mol. The number of nitrogens with one attached hydrogen (secondary N) is 2. The van der Waals surface area contributed by atoms with Gasteiger partial charge in [-0.05, 0) is 59.9 Å². The first-order chi connectivity index (χ1) is 12.5. The second kappa shape index (κ2) is 8.32. The molecule has 1 saturated heterocycles. The fourth-order valence-corrected chi connectivity index (χ4v) is 3.25. The van der Waals surface area contributed by atoms with Crippen LogP contribution in [0.25, 0.3) is 0 Å². The molecule has 1 heterocycles. The lowest BCUT2D eigenvalue weighted by molar-refractivity contribution is -0.117. The Labute approximate surface area is 160 Å². The van der Waals surface area contributed by atoms with E-state index in [1.165, 1.54) is 5.56 Å². The van der Waals surface area contributed by atoms with E-state index in [9.17, 15) is 4.79 Å². The molecule has 1 aliphatic rings. The first-order valence-electron chi connectivity index (χ1n) is 9.07. The van der Waals surface area contributed by atoms with Crippen molar-refractivity contribution >= 4 is 34.6 Å². The number of hydrogen-bond acceptors (Lipinski definition) is 2. The number of thiocarbonyl (C=S) groups is 1. The van der Waals surface area contributed by atoms with E-state index in [2.05, 4.69) is 42.7 Å². The second-order valence-corrected chi connectivity index (χ2v) is 7.31. The van der Waals surface area contributed by atoms with Crippen molar-refractivity contribution in [3.63, 3.8) is 0 Å². The Bertz CT molecular complexity index is 786. The van der Waals surface area contributed by atoms with Crippen LogP contribution in [0.1, 0.15) is 43.7 Å². The molecular formula is C21H25N3OS. The van der Waals surface area contributed by atoms with Crippen LogP contribution in [0.2, 0.25) is 0 Å². The maximum absolute atomic E-state index is 11.9. The van der Waals surface area contributed by atoms with Gasteiger partial charge in [0.2, 0.25) is 5.91 Å². The highest BCUT2D eigenvalue weighted by atomic mass is 32.1. The molecule has 0 spiro atoms. The monoisotopic (exact) mass is 367 g/mol. The molecule has 1 fully saturated rings. The molecule has 0 bridgehead atoms. The van der Waals surface area contributed by atoms with Crippen molar-refractivity contribution in [2.24, 2.45) is 0 Å². The Kier molecular flexibility index (Phi) is 5.89. The number of benzene rings is 2. The molecule has 2 N–H and O–H groups in total. The minimum atomic E-state index is 0.206. The number of hydrogen-bond donors (Lipinski definition) is 2. The predicted molar refractivity (Wildman–Crippen MR) is 112 cm³/mol. The zero-order chi connectivity index (χ0) is 18.5. The van der Waals surface area contributed by atoms with E-state index < -0.39 is 0 Å². The van der Waals surface area contributed by atoms with Crippen LogP contribution in [0.15, 0.2) is 48.5 Å². The lowest BCUT2D eigenvalue weighted by atomic mass is 10.0. The highest BCUT2D eigenvalue weighted by Crippen LogP contribution is 2.22. The average Bonchev–Trinajstić information content (AvgIpc) is 3.07. The summed E-state index contributed by atoms with van der Waals surface area (Å²) in [5.74, 6) is 0.723. The van der Waals surface area contributed by atoms with E-state index in [4.69, 9.17) is 12.2 Å². The van der Waals surface area contributed by atoms with Crippen LogP contribution in [0.4, 0.5) is 11.4 Å². The molecule has 3 rings (SSSR count). The number of amides is 1. The van der Waals surface area contributed by atoms with Crippen molar-refractivity contribution in [2.45, 2.75) is 39.2 Å². The summed E-state index contributed by atoms with van der Waals surface area (Å²) in [6.45, 7) is 5.78. The minimum absolute atomic E-state index is 0.206. The SMILES string of the molecule is CC(C)c1ccc(NC(=S)NCc2cccc(N3CCCC3=O)c2)cc1. The van der Waals surface area contributed by atoms with E-state index in [0.29, 0.717) is 24.0 Å². The van der Waals surface area contributed by atoms with Gasteiger partial charge in [-0.15, -0.1) is 0 Å². The number of carbonyl (C=O) groups is 1. The topological polar surface area (TPSA) is 44.4 Å². The van der Waals surface area contributed by atoms with Gasteiger partial charge < -0.3 is 15.5 Å². The van der Waals surface area contributed by atoms with Gasteiger partial charge in [-0.1, -0.05) is 38.1 Å². The van der Waals surface area contributed by atoms with Gasteiger partial charge in [0.25, 0.3) is 0 Å². The largest absolute Gasteiger partial charge is 0.358 e. The summed E-state index contributed by atoms with van der Waals surface area (Å²) >= 11 is 5.39. The minimum Gasteiger partial charge on any atom is -0.358 e. The smallest absolute Gasteiger partial charge is 0.227 e. The Morgan fingerprint density at radius 2 is 1.96 bits per heavy atom. The van der Waals surface area contributed by atoms with Gasteiger partial charge in [-0.25, -0.2) is 0 Å². The molecule has 0 aromatic heterocycles. The molecule has 1 aliphatic heterocycles. The van der Waals surface area contributed by atoms with Crippen LogP contribution < -0.4 is 15.5 Å². The Morgan fingerprint density at radius 3 is 2.62 bits per heavy atom. The van der Waals surface area contributed by atoms with Crippen molar-refractivity contribution in [1.29, 1.82) is 0 Å². The van der Waals surface area contributed by atoms with Gasteiger partial charge in [0.1, 0.15) is 0 Å². The molecule has 0 unspecified atom stereocenters. The second-order valence-electron chi connectivity index (χ2n) is 6.90. The van der Waals surface area contributed by atoms with Crippen molar-refractivity contribution in [2.75, 3.05) is 16.8 Å². The zero-order valence-corrected chi connectivity index (χ0v) is 16.1. The molecule has 2 aromatic carbocycles. The fraction of sp³-hybridized carbons (Fsp3) is 0.333. The van der Waals surface area contributed by atoms with Gasteiger partial charge >= 0.3 is 0 Å². The van der Waals surface area contributed by atoms with E-state index in [-0.39, 0.29) is 5.91 Å². The number of carbonyl (C=O) groups excluding carboxylic acids is 1. The maximum Gasteiger partial charge on any atom is 0.227 e. The van der Waals surface area contributed by atoms with E-state index >= 15 is 0 Å². The van der Waals surface area contributed by atoms with Crippen molar-refractivity contribution < 1.29 is 4.79 Å². The summed E-state index contributed by atoms with van der Waals surface area (Å²) in [6, 6.07) is 16.4. The third-order valence-electron chi connectivity index (χ3n) is 4.58. The Morgan fingerprint density at radius 1 is 1.19 bits per heavy atom. The molecule has 136 valence electrons. The Hall–Kier alpha value is -2.40. The van der Waals surface area contributed by atoms with Gasteiger partial charge in [0.05, 0.1) is 0 Å². The maximum atomic E-state index is 11.9. The van der Waals surface area contributed by atoms with Gasteiger partial charge in [-0.2, -0.15) is 0 Å². The lowest BCUT2D eigenvalue weighted by Crippen LogP contribution is -2.28. The normalized spacial score (nSPS) is 14.0. The summed E-state index contributed by atoms with van der Waals surface area (Å²) in [5, 5.41) is 7.03. The first-order valence-corrected chi connectivity index (χ1v) is 9.48. The molecule has 4 nitrogen and oxygen atoms in total. The summed E-state index contributed by atoms with van der Waals surface area (Å²) in [7, 11) is 0. The zero-order valence-electron chi connectivity index (χ0n) is 15.3. The molecule has 0 atom stereocenters. The molecule has 1 amide bonds. The molecule has 2 aromatic rings. The summed E-state index contributed by atoms with van der Waals surface area (Å²) in [5.41, 5.74) is 4.35. The van der Waals surface area contributed by atoms with Crippen molar-refractivity contribution in [3.8, 4) is 0 Å². The number of nitrogens with zero attached hydrogens (tertiary/aromatic N) is 1. The van der Waals surface area contributed by atoms with E-state index in [1.807, 2.05) is 35.2 Å². The summed E-state index contributed by atoms with van der Waals surface area (Å²) < 4.78 is 0. The van der Waals surface area contributed by atoms with Crippen LogP contribution in [0.5, 0.6) is 0 Å². The highest BCUT2D eigenvalue weighted by molar-refractivity contribution is 7.80. The quantitative estimate of drug-likeness (QED) is 0.768. The fourth-order valence-electron chi connectivity index (χ4n) is 3.06.